The van der Waals surface area contributed by atoms with Crippen molar-refractivity contribution >= 4 is 21.5 Å². The molecule has 1 aromatic heterocycles. The maximum atomic E-state index is 11.7. The van der Waals surface area contributed by atoms with Crippen molar-refractivity contribution < 1.29 is 8.42 Å². The molecule has 3 saturated heterocycles. The summed E-state index contributed by atoms with van der Waals surface area (Å²) in [5, 5.41) is 0. The van der Waals surface area contributed by atoms with Gasteiger partial charge in [-0.05, 0) is 25.2 Å². The van der Waals surface area contributed by atoms with Crippen molar-refractivity contribution in [1.29, 1.82) is 0 Å². The van der Waals surface area contributed by atoms with Crippen molar-refractivity contribution in [2.75, 3.05) is 60.6 Å². The summed E-state index contributed by atoms with van der Waals surface area (Å²) in [5.74, 6) is 3.42. The molecule has 0 radical (unpaired) electrons. The van der Waals surface area contributed by atoms with Gasteiger partial charge < -0.3 is 9.80 Å². The van der Waals surface area contributed by atoms with Crippen LogP contribution in [0.1, 0.15) is 26.2 Å². The van der Waals surface area contributed by atoms with Crippen LogP contribution in [0.4, 0.5) is 11.6 Å². The third-order valence-corrected chi connectivity index (χ3v) is 7.73. The molecular weight excluding hydrogens is 350 g/mol. The molecule has 4 rings (SSSR count). The number of piperazine rings is 1. The molecule has 2 unspecified atom stereocenters. The standard InChI is InChI=1S/C18H29N5O2S/c1-15-3-2-5-23(12-15)18-11-17(19-14-20-18)22-8-6-21(7-9-22)16-4-10-26(24,25)13-16/h11,14-16H,2-10,12-13H2,1H3. The van der Waals surface area contributed by atoms with E-state index in [4.69, 9.17) is 0 Å². The summed E-state index contributed by atoms with van der Waals surface area (Å²) in [4.78, 5) is 16.0. The molecule has 0 bridgehead atoms. The van der Waals surface area contributed by atoms with E-state index in [0.29, 0.717) is 17.4 Å². The third kappa shape index (κ3) is 3.96. The third-order valence-electron chi connectivity index (χ3n) is 5.98. The van der Waals surface area contributed by atoms with Gasteiger partial charge in [0.1, 0.15) is 18.0 Å². The summed E-state index contributed by atoms with van der Waals surface area (Å²) >= 11 is 0. The Bertz CT molecular complexity index is 733. The molecule has 1 aromatic rings. The quantitative estimate of drug-likeness (QED) is 0.777. The molecule has 3 aliphatic rings. The van der Waals surface area contributed by atoms with Crippen LogP contribution >= 0.6 is 0 Å². The lowest BCUT2D eigenvalue weighted by Gasteiger charge is -2.38. The zero-order valence-corrected chi connectivity index (χ0v) is 16.4. The van der Waals surface area contributed by atoms with Crippen molar-refractivity contribution in [2.24, 2.45) is 5.92 Å². The summed E-state index contributed by atoms with van der Waals surface area (Å²) < 4.78 is 23.4. The van der Waals surface area contributed by atoms with Gasteiger partial charge in [0, 0.05) is 51.4 Å². The first-order valence-electron chi connectivity index (χ1n) is 9.76. The van der Waals surface area contributed by atoms with Crippen LogP contribution in [-0.4, -0.2) is 80.1 Å². The Hall–Kier alpha value is -1.41. The van der Waals surface area contributed by atoms with Gasteiger partial charge in [-0.15, -0.1) is 0 Å². The van der Waals surface area contributed by atoms with Crippen LogP contribution in [0.2, 0.25) is 0 Å². The molecule has 0 spiro atoms. The van der Waals surface area contributed by atoms with Crippen LogP contribution in [-0.2, 0) is 9.84 Å². The molecule has 4 heterocycles. The Labute approximate surface area is 156 Å². The first-order valence-corrected chi connectivity index (χ1v) is 11.6. The minimum absolute atomic E-state index is 0.206. The van der Waals surface area contributed by atoms with E-state index >= 15 is 0 Å². The summed E-state index contributed by atoms with van der Waals surface area (Å²) in [6.45, 7) is 8.04. The Kier molecular flexibility index (Phi) is 5.05. The number of nitrogens with zero attached hydrogens (tertiary/aromatic N) is 5. The van der Waals surface area contributed by atoms with Gasteiger partial charge in [-0.2, -0.15) is 0 Å². The Morgan fingerprint density at radius 1 is 1.00 bits per heavy atom. The molecule has 144 valence electrons. The van der Waals surface area contributed by atoms with Crippen molar-refractivity contribution in [3.8, 4) is 0 Å². The van der Waals surface area contributed by atoms with E-state index in [0.717, 1.165) is 57.3 Å². The molecule has 3 fully saturated rings. The molecule has 26 heavy (non-hydrogen) atoms. The fourth-order valence-electron chi connectivity index (χ4n) is 4.46. The fourth-order valence-corrected chi connectivity index (χ4v) is 6.22. The Morgan fingerprint density at radius 3 is 2.38 bits per heavy atom. The number of hydrogen-bond donors (Lipinski definition) is 0. The number of piperidine rings is 1. The van der Waals surface area contributed by atoms with Crippen LogP contribution in [0.3, 0.4) is 0 Å². The van der Waals surface area contributed by atoms with E-state index in [1.807, 2.05) is 0 Å². The van der Waals surface area contributed by atoms with Gasteiger partial charge in [0.05, 0.1) is 11.5 Å². The minimum Gasteiger partial charge on any atom is -0.356 e. The molecule has 0 amide bonds. The Morgan fingerprint density at radius 2 is 1.73 bits per heavy atom. The normalized spacial score (nSPS) is 29.9. The van der Waals surface area contributed by atoms with Crippen LogP contribution in [0.15, 0.2) is 12.4 Å². The first-order chi connectivity index (χ1) is 12.5. The monoisotopic (exact) mass is 379 g/mol. The SMILES string of the molecule is CC1CCCN(c2cc(N3CCN(C4CCS(=O)(=O)C4)CC3)ncn2)C1. The highest BCUT2D eigenvalue weighted by molar-refractivity contribution is 7.91. The van der Waals surface area contributed by atoms with Gasteiger partial charge in [-0.1, -0.05) is 6.92 Å². The van der Waals surface area contributed by atoms with Crippen LogP contribution in [0, 0.1) is 5.92 Å². The van der Waals surface area contributed by atoms with Crippen LogP contribution in [0.25, 0.3) is 0 Å². The van der Waals surface area contributed by atoms with E-state index in [2.05, 4.69) is 37.7 Å². The smallest absolute Gasteiger partial charge is 0.151 e. The van der Waals surface area contributed by atoms with Gasteiger partial charge in [0.15, 0.2) is 9.84 Å². The predicted octanol–water partition coefficient (Wildman–Crippen LogP) is 1.02. The van der Waals surface area contributed by atoms with Crippen molar-refractivity contribution in [2.45, 2.75) is 32.2 Å². The highest BCUT2D eigenvalue weighted by Crippen LogP contribution is 2.25. The van der Waals surface area contributed by atoms with E-state index in [-0.39, 0.29) is 6.04 Å². The number of anilines is 2. The largest absolute Gasteiger partial charge is 0.356 e. The van der Waals surface area contributed by atoms with Gasteiger partial charge in [-0.3, -0.25) is 4.90 Å². The second kappa shape index (κ2) is 7.31. The second-order valence-electron chi connectivity index (χ2n) is 8.01. The zero-order chi connectivity index (χ0) is 18.1. The van der Waals surface area contributed by atoms with Crippen molar-refractivity contribution in [1.82, 2.24) is 14.9 Å². The van der Waals surface area contributed by atoms with Crippen molar-refractivity contribution in [3.05, 3.63) is 12.4 Å². The van der Waals surface area contributed by atoms with E-state index < -0.39 is 9.84 Å². The molecular formula is C18H29N5O2S. The summed E-state index contributed by atoms with van der Waals surface area (Å²) in [7, 11) is -2.81. The lowest BCUT2D eigenvalue weighted by atomic mass is 10.0. The van der Waals surface area contributed by atoms with Crippen LogP contribution < -0.4 is 9.80 Å². The molecule has 0 N–H and O–H groups in total. The highest BCUT2D eigenvalue weighted by Gasteiger charge is 2.34. The van der Waals surface area contributed by atoms with E-state index in [1.54, 1.807) is 6.33 Å². The zero-order valence-electron chi connectivity index (χ0n) is 15.5. The van der Waals surface area contributed by atoms with Gasteiger partial charge in [0.25, 0.3) is 0 Å². The predicted molar refractivity (Wildman–Crippen MR) is 103 cm³/mol. The van der Waals surface area contributed by atoms with Crippen LogP contribution in [0.5, 0.6) is 0 Å². The fraction of sp³-hybridized carbons (Fsp3) is 0.778. The molecule has 0 aromatic carbocycles. The topological polar surface area (TPSA) is 69.6 Å². The minimum atomic E-state index is -2.81. The van der Waals surface area contributed by atoms with Crippen molar-refractivity contribution in [3.63, 3.8) is 0 Å². The number of sulfone groups is 1. The van der Waals surface area contributed by atoms with E-state index in [9.17, 15) is 8.42 Å². The van der Waals surface area contributed by atoms with Gasteiger partial charge in [-0.25, -0.2) is 18.4 Å². The number of rotatable bonds is 3. The molecule has 7 nitrogen and oxygen atoms in total. The summed E-state index contributed by atoms with van der Waals surface area (Å²) in [5.41, 5.74) is 0. The molecule has 8 heteroatoms. The lowest BCUT2D eigenvalue weighted by molar-refractivity contribution is 0.200. The van der Waals surface area contributed by atoms with E-state index in [1.165, 1.54) is 12.8 Å². The molecule has 3 aliphatic heterocycles. The lowest BCUT2D eigenvalue weighted by Crippen LogP contribution is -2.51. The number of hydrogen-bond acceptors (Lipinski definition) is 7. The second-order valence-corrected chi connectivity index (χ2v) is 10.2. The number of aromatic nitrogens is 2. The maximum absolute atomic E-state index is 11.7. The Balaban J connectivity index is 1.38. The molecule has 0 aliphatic carbocycles. The average Bonchev–Trinajstić information content (AvgIpc) is 3.02. The molecule has 0 saturated carbocycles. The maximum Gasteiger partial charge on any atom is 0.151 e. The summed E-state index contributed by atoms with van der Waals surface area (Å²) in [6.07, 6.45) is 4.99. The van der Waals surface area contributed by atoms with Gasteiger partial charge >= 0.3 is 0 Å². The van der Waals surface area contributed by atoms with Gasteiger partial charge in [0.2, 0.25) is 0 Å². The summed E-state index contributed by atoms with van der Waals surface area (Å²) in [6, 6.07) is 2.33. The molecule has 2 atom stereocenters. The first kappa shape index (κ1) is 18.0. The average molecular weight is 380 g/mol. The highest BCUT2D eigenvalue weighted by atomic mass is 32.2.